The van der Waals surface area contributed by atoms with Gasteiger partial charge in [0.05, 0.1) is 12.7 Å². The van der Waals surface area contributed by atoms with E-state index in [1.807, 2.05) is 0 Å². The van der Waals surface area contributed by atoms with Crippen LogP contribution in [0.1, 0.15) is 59.3 Å². The Labute approximate surface area is 135 Å². The lowest BCUT2D eigenvalue weighted by Crippen LogP contribution is -2.53. The Balaban J connectivity index is 1.96. The highest BCUT2D eigenvalue weighted by atomic mass is 16.3. The molecule has 6 atom stereocenters. The molecule has 0 aliphatic heterocycles. The van der Waals surface area contributed by atoms with E-state index in [-0.39, 0.29) is 12.0 Å². The van der Waals surface area contributed by atoms with E-state index in [0.29, 0.717) is 17.3 Å². The van der Waals surface area contributed by atoms with Crippen LogP contribution in [0.25, 0.3) is 0 Å². The van der Waals surface area contributed by atoms with E-state index in [1.165, 1.54) is 24.8 Å². The summed E-state index contributed by atoms with van der Waals surface area (Å²) in [6.45, 7) is 11.0. The van der Waals surface area contributed by atoms with E-state index in [1.54, 1.807) is 0 Å². The van der Waals surface area contributed by atoms with E-state index in [0.717, 1.165) is 19.3 Å². The highest BCUT2D eigenvalue weighted by Crippen LogP contribution is 2.63. The number of aliphatic hydroxyl groups excluding tert-OH is 2. The molecule has 2 nitrogen and oxygen atoms in total. The molecule has 2 saturated carbocycles. The van der Waals surface area contributed by atoms with Gasteiger partial charge in [0, 0.05) is 5.41 Å². The summed E-state index contributed by atoms with van der Waals surface area (Å²) in [4.78, 5) is 0. The molecule has 2 fully saturated rings. The van der Waals surface area contributed by atoms with E-state index in [9.17, 15) is 10.2 Å². The number of rotatable bonds is 2. The summed E-state index contributed by atoms with van der Waals surface area (Å²) < 4.78 is 0. The quantitative estimate of drug-likeness (QED) is 0.755. The average Bonchev–Trinajstić information content (AvgIpc) is 2.51. The second-order valence-corrected chi connectivity index (χ2v) is 8.88. The average molecular weight is 304 g/mol. The van der Waals surface area contributed by atoms with Crippen LogP contribution in [0.3, 0.4) is 0 Å². The first kappa shape index (κ1) is 16.3. The summed E-state index contributed by atoms with van der Waals surface area (Å²) >= 11 is 0. The van der Waals surface area contributed by atoms with Gasteiger partial charge in [-0.15, -0.1) is 6.58 Å². The number of allylic oxidation sites excluding steroid dienone is 2. The second-order valence-electron chi connectivity index (χ2n) is 8.88. The van der Waals surface area contributed by atoms with Crippen LogP contribution < -0.4 is 0 Å². The Hall–Kier alpha value is -0.600. The minimum absolute atomic E-state index is 0.0572. The summed E-state index contributed by atoms with van der Waals surface area (Å²) in [6.07, 6.45) is 10.8. The maximum atomic E-state index is 10.5. The molecule has 0 bridgehead atoms. The Bertz CT molecular complexity index is 496. The van der Waals surface area contributed by atoms with Crippen molar-refractivity contribution in [1.82, 2.24) is 0 Å². The fourth-order valence-electron chi connectivity index (χ4n) is 5.57. The summed E-state index contributed by atoms with van der Waals surface area (Å²) in [6, 6.07) is 0. The second kappa shape index (κ2) is 5.21. The molecule has 0 radical (unpaired) electrons. The van der Waals surface area contributed by atoms with Gasteiger partial charge in [-0.05, 0) is 61.2 Å². The van der Waals surface area contributed by atoms with Crippen LogP contribution in [-0.4, -0.2) is 22.9 Å². The largest absolute Gasteiger partial charge is 0.395 e. The first-order chi connectivity index (χ1) is 10.3. The summed E-state index contributed by atoms with van der Waals surface area (Å²) in [7, 11) is 0. The molecule has 0 saturated heterocycles. The van der Waals surface area contributed by atoms with Gasteiger partial charge >= 0.3 is 0 Å². The van der Waals surface area contributed by atoms with Gasteiger partial charge in [0.2, 0.25) is 0 Å². The lowest BCUT2D eigenvalue weighted by molar-refractivity contribution is -0.0654. The Kier molecular flexibility index (Phi) is 3.85. The zero-order chi connectivity index (χ0) is 16.2. The zero-order valence-corrected chi connectivity index (χ0v) is 14.4. The molecule has 124 valence electrons. The molecule has 0 spiro atoms. The fraction of sp³-hybridized carbons (Fsp3) is 0.800. The zero-order valence-electron chi connectivity index (χ0n) is 14.4. The summed E-state index contributed by atoms with van der Waals surface area (Å²) in [5.41, 5.74) is 1.51. The number of fused-ring (bicyclic) bond motifs is 3. The van der Waals surface area contributed by atoms with Gasteiger partial charge in [-0.3, -0.25) is 0 Å². The van der Waals surface area contributed by atoms with Crippen molar-refractivity contribution < 1.29 is 10.2 Å². The van der Waals surface area contributed by atoms with Crippen molar-refractivity contribution in [3.63, 3.8) is 0 Å². The maximum absolute atomic E-state index is 10.5. The first-order valence-electron chi connectivity index (χ1n) is 8.92. The molecule has 0 amide bonds. The van der Waals surface area contributed by atoms with Crippen LogP contribution in [0.15, 0.2) is 24.3 Å². The van der Waals surface area contributed by atoms with Crippen LogP contribution in [-0.2, 0) is 0 Å². The summed E-state index contributed by atoms with van der Waals surface area (Å²) in [5.74, 6) is 1.23. The molecule has 22 heavy (non-hydrogen) atoms. The minimum Gasteiger partial charge on any atom is -0.395 e. The van der Waals surface area contributed by atoms with Crippen LogP contribution in [0.5, 0.6) is 0 Å². The van der Waals surface area contributed by atoms with E-state index in [4.69, 9.17) is 0 Å². The smallest absolute Gasteiger partial charge is 0.0653 e. The van der Waals surface area contributed by atoms with E-state index < -0.39 is 11.5 Å². The third-order valence-electron chi connectivity index (χ3n) is 7.62. The highest BCUT2D eigenvalue weighted by Gasteiger charge is 2.55. The Morgan fingerprint density at radius 2 is 2.00 bits per heavy atom. The third kappa shape index (κ3) is 2.14. The van der Waals surface area contributed by atoms with Gasteiger partial charge in [0.25, 0.3) is 0 Å². The Morgan fingerprint density at radius 1 is 1.27 bits per heavy atom. The number of hydrogen-bond acceptors (Lipinski definition) is 2. The highest BCUT2D eigenvalue weighted by molar-refractivity contribution is 5.29. The van der Waals surface area contributed by atoms with Crippen molar-refractivity contribution in [1.29, 1.82) is 0 Å². The monoisotopic (exact) mass is 304 g/mol. The van der Waals surface area contributed by atoms with Crippen molar-refractivity contribution in [2.24, 2.45) is 28.1 Å². The van der Waals surface area contributed by atoms with Crippen LogP contribution in [0, 0.1) is 28.1 Å². The van der Waals surface area contributed by atoms with Gasteiger partial charge in [-0.25, -0.2) is 0 Å². The predicted molar refractivity (Wildman–Crippen MR) is 90.4 cm³/mol. The molecule has 0 aromatic heterocycles. The van der Waals surface area contributed by atoms with E-state index >= 15 is 0 Å². The minimum atomic E-state index is -0.434. The first-order valence-corrected chi connectivity index (χ1v) is 8.92. The molecule has 2 heteroatoms. The van der Waals surface area contributed by atoms with Gasteiger partial charge in [-0.1, -0.05) is 38.5 Å². The van der Waals surface area contributed by atoms with Crippen molar-refractivity contribution in [2.75, 3.05) is 6.61 Å². The lowest BCUT2D eigenvalue weighted by Gasteiger charge is -2.59. The standard InChI is InChI=1S/C20H32O2/c1-5-18(2)10-11-19(3)14(12-18)6-7-16-15(19)8-9-17(22)20(16,4)13-21/h5,7,14-15,17,21-22H,1,6,8-13H2,2-4H3/t14-,15-,17-,18-,19-,20-/m1/s1. The SMILES string of the molecule is C=C[C@]1(C)CC[C@]2(C)[C@H](CC=C3[C@H]2CC[C@@H](O)[C@]3(C)CO)C1. The normalized spacial score (nSPS) is 51.5. The van der Waals surface area contributed by atoms with Crippen LogP contribution >= 0.6 is 0 Å². The molecule has 0 unspecified atom stereocenters. The third-order valence-corrected chi connectivity index (χ3v) is 7.62. The molecular weight excluding hydrogens is 272 g/mol. The van der Waals surface area contributed by atoms with Crippen LogP contribution in [0.4, 0.5) is 0 Å². The van der Waals surface area contributed by atoms with Gasteiger partial charge in [-0.2, -0.15) is 0 Å². The lowest BCUT2D eigenvalue weighted by atomic mass is 9.46. The molecule has 3 aliphatic carbocycles. The molecule has 2 N–H and O–H groups in total. The summed E-state index contributed by atoms with van der Waals surface area (Å²) in [5, 5.41) is 20.4. The molecule has 3 rings (SSSR count). The number of hydrogen-bond donors (Lipinski definition) is 2. The van der Waals surface area contributed by atoms with Crippen molar-refractivity contribution in [2.45, 2.75) is 65.4 Å². The predicted octanol–water partition coefficient (Wildman–Crippen LogP) is 4.08. The van der Waals surface area contributed by atoms with Crippen molar-refractivity contribution in [3.05, 3.63) is 24.3 Å². The van der Waals surface area contributed by atoms with E-state index in [2.05, 4.69) is 39.5 Å². The van der Waals surface area contributed by atoms with Crippen LogP contribution in [0.2, 0.25) is 0 Å². The molecular formula is C20H32O2. The van der Waals surface area contributed by atoms with Gasteiger partial charge < -0.3 is 10.2 Å². The maximum Gasteiger partial charge on any atom is 0.0653 e. The Morgan fingerprint density at radius 3 is 2.64 bits per heavy atom. The molecule has 0 aromatic rings. The topological polar surface area (TPSA) is 40.5 Å². The van der Waals surface area contributed by atoms with Crippen molar-refractivity contribution in [3.8, 4) is 0 Å². The van der Waals surface area contributed by atoms with Gasteiger partial charge in [0.1, 0.15) is 0 Å². The molecule has 0 heterocycles. The fourth-order valence-corrected chi connectivity index (χ4v) is 5.57. The van der Waals surface area contributed by atoms with Crippen molar-refractivity contribution >= 4 is 0 Å². The molecule has 0 aromatic carbocycles. The van der Waals surface area contributed by atoms with Gasteiger partial charge in [0.15, 0.2) is 0 Å². The molecule has 3 aliphatic rings. The number of aliphatic hydroxyl groups is 2.